The number of hydrogen-bond acceptors (Lipinski definition) is 5. The Kier molecular flexibility index (Phi) is 6.74. The first-order valence-corrected chi connectivity index (χ1v) is 11.2. The molecular formula is C23H17BrClN3O3S. The van der Waals surface area contributed by atoms with Gasteiger partial charge in [-0.05, 0) is 79.8 Å². The first-order chi connectivity index (χ1) is 15.4. The molecule has 0 fully saturated rings. The van der Waals surface area contributed by atoms with Crippen molar-refractivity contribution in [3.8, 4) is 17.2 Å². The average molecular weight is 531 g/mol. The maximum atomic E-state index is 12.5. The van der Waals surface area contributed by atoms with Crippen LogP contribution in [0.25, 0.3) is 22.6 Å². The Labute approximate surface area is 203 Å². The zero-order valence-electron chi connectivity index (χ0n) is 16.8. The Hall–Kier alpha value is -2.94. The Morgan fingerprint density at radius 2 is 1.94 bits per heavy atom. The number of rotatable bonds is 5. The maximum Gasteiger partial charge on any atom is 0.258 e. The smallest absolute Gasteiger partial charge is 0.258 e. The van der Waals surface area contributed by atoms with Gasteiger partial charge in [0.05, 0.1) is 17.2 Å². The highest BCUT2D eigenvalue weighted by Crippen LogP contribution is 2.27. The molecule has 162 valence electrons. The lowest BCUT2D eigenvalue weighted by molar-refractivity contribution is 0.0978. The maximum absolute atomic E-state index is 12.5. The number of carbonyl (C=O) groups excluding carboxylic acids is 1. The molecule has 2 N–H and O–H groups in total. The van der Waals surface area contributed by atoms with Gasteiger partial charge < -0.3 is 14.5 Å². The van der Waals surface area contributed by atoms with E-state index in [1.165, 1.54) is 0 Å². The fraction of sp³-hybridized carbons (Fsp3) is 0.0870. The normalized spacial score (nSPS) is 10.7. The summed E-state index contributed by atoms with van der Waals surface area (Å²) in [4.78, 5) is 17.0. The van der Waals surface area contributed by atoms with Crippen LogP contribution in [0.15, 0.2) is 69.6 Å². The second kappa shape index (κ2) is 9.68. The van der Waals surface area contributed by atoms with Gasteiger partial charge in [-0.15, -0.1) is 0 Å². The van der Waals surface area contributed by atoms with Crippen LogP contribution < -0.4 is 15.4 Å². The molecule has 3 aromatic carbocycles. The molecule has 0 spiro atoms. The summed E-state index contributed by atoms with van der Waals surface area (Å²) in [5.41, 5.74) is 3.11. The molecule has 0 aliphatic carbocycles. The summed E-state index contributed by atoms with van der Waals surface area (Å²) in [6.45, 7) is 2.55. The fourth-order valence-corrected chi connectivity index (χ4v) is 3.77. The van der Waals surface area contributed by atoms with E-state index >= 15 is 0 Å². The molecule has 9 heteroatoms. The lowest BCUT2D eigenvalue weighted by atomic mass is 10.2. The van der Waals surface area contributed by atoms with Crippen LogP contribution in [0, 0.1) is 0 Å². The number of ether oxygens (including phenoxy) is 1. The van der Waals surface area contributed by atoms with E-state index in [0.29, 0.717) is 39.9 Å². The Bertz CT molecular complexity index is 1310. The number of carbonyl (C=O) groups is 1. The van der Waals surface area contributed by atoms with Gasteiger partial charge in [-0.25, -0.2) is 4.98 Å². The highest BCUT2D eigenvalue weighted by Gasteiger charge is 2.14. The highest BCUT2D eigenvalue weighted by molar-refractivity contribution is 9.10. The third-order valence-electron chi connectivity index (χ3n) is 4.46. The van der Waals surface area contributed by atoms with Gasteiger partial charge in [0.25, 0.3) is 5.91 Å². The first kappa shape index (κ1) is 22.3. The van der Waals surface area contributed by atoms with E-state index in [1.807, 2.05) is 31.2 Å². The van der Waals surface area contributed by atoms with E-state index in [2.05, 4.69) is 31.5 Å². The number of oxazole rings is 1. The van der Waals surface area contributed by atoms with Crippen molar-refractivity contribution in [2.75, 3.05) is 11.9 Å². The van der Waals surface area contributed by atoms with Crippen LogP contribution in [-0.2, 0) is 0 Å². The van der Waals surface area contributed by atoms with Crippen LogP contribution in [0.1, 0.15) is 17.3 Å². The predicted molar refractivity (Wildman–Crippen MR) is 133 cm³/mol. The van der Waals surface area contributed by atoms with Crippen molar-refractivity contribution in [1.29, 1.82) is 0 Å². The quantitative estimate of drug-likeness (QED) is 0.289. The molecule has 0 saturated heterocycles. The van der Waals surface area contributed by atoms with E-state index in [1.54, 1.807) is 36.4 Å². The molecule has 0 bridgehead atoms. The van der Waals surface area contributed by atoms with Crippen LogP contribution in [0.2, 0.25) is 5.02 Å². The van der Waals surface area contributed by atoms with E-state index in [0.717, 1.165) is 15.8 Å². The average Bonchev–Trinajstić information content (AvgIpc) is 3.19. The molecule has 32 heavy (non-hydrogen) atoms. The lowest BCUT2D eigenvalue weighted by Crippen LogP contribution is -2.34. The topological polar surface area (TPSA) is 76.4 Å². The molecule has 1 aromatic heterocycles. The Morgan fingerprint density at radius 1 is 1.16 bits per heavy atom. The van der Waals surface area contributed by atoms with E-state index in [4.69, 9.17) is 33.0 Å². The van der Waals surface area contributed by atoms with Crippen LogP contribution >= 0.6 is 39.7 Å². The van der Waals surface area contributed by atoms with E-state index < -0.39 is 5.91 Å². The molecule has 0 saturated carbocycles. The molecule has 1 heterocycles. The molecule has 4 aromatic rings. The molecule has 1 amide bonds. The van der Waals surface area contributed by atoms with Gasteiger partial charge in [-0.2, -0.15) is 0 Å². The highest BCUT2D eigenvalue weighted by atomic mass is 79.9. The number of thiocarbonyl (C=S) groups is 1. The van der Waals surface area contributed by atoms with Crippen molar-refractivity contribution in [3.05, 3.63) is 75.7 Å². The fourth-order valence-electron chi connectivity index (χ4n) is 2.99. The van der Waals surface area contributed by atoms with Gasteiger partial charge in [-0.3, -0.25) is 10.1 Å². The lowest BCUT2D eigenvalue weighted by Gasteiger charge is -2.10. The zero-order chi connectivity index (χ0) is 22.7. The minimum absolute atomic E-state index is 0.139. The van der Waals surface area contributed by atoms with Crippen LogP contribution in [0.3, 0.4) is 0 Å². The Balaban J connectivity index is 1.47. The van der Waals surface area contributed by atoms with Gasteiger partial charge >= 0.3 is 0 Å². The number of anilines is 1. The van der Waals surface area contributed by atoms with Gasteiger partial charge in [-0.1, -0.05) is 27.5 Å². The van der Waals surface area contributed by atoms with Crippen molar-refractivity contribution >= 4 is 67.6 Å². The van der Waals surface area contributed by atoms with E-state index in [9.17, 15) is 4.79 Å². The van der Waals surface area contributed by atoms with Gasteiger partial charge in [0.15, 0.2) is 10.7 Å². The molecule has 0 radical (unpaired) electrons. The molecular weight excluding hydrogens is 514 g/mol. The van der Waals surface area contributed by atoms with Gasteiger partial charge in [0, 0.05) is 15.7 Å². The second-order valence-electron chi connectivity index (χ2n) is 6.69. The summed E-state index contributed by atoms with van der Waals surface area (Å²) in [5, 5.41) is 6.09. The Morgan fingerprint density at radius 3 is 2.69 bits per heavy atom. The predicted octanol–water partition coefficient (Wildman–Crippen LogP) is 6.44. The SMILES string of the molecule is CCOc1ccc(-c2nc3cc(NC(=S)NC(=O)c4cc(Br)ccc4Cl)ccc3o2)cc1. The summed E-state index contributed by atoms with van der Waals surface area (Å²) in [6.07, 6.45) is 0. The molecule has 0 unspecified atom stereocenters. The number of amides is 1. The number of halogens is 2. The van der Waals surface area contributed by atoms with Crippen molar-refractivity contribution in [1.82, 2.24) is 10.3 Å². The third-order valence-corrected chi connectivity index (χ3v) is 5.48. The van der Waals surface area contributed by atoms with Gasteiger partial charge in [0.1, 0.15) is 11.3 Å². The monoisotopic (exact) mass is 529 g/mol. The summed E-state index contributed by atoms with van der Waals surface area (Å²) >= 11 is 14.7. The minimum Gasteiger partial charge on any atom is -0.494 e. The van der Waals surface area contributed by atoms with Crippen molar-refractivity contribution < 1.29 is 13.9 Å². The molecule has 0 atom stereocenters. The number of fused-ring (bicyclic) bond motifs is 1. The van der Waals surface area contributed by atoms with Crippen LogP contribution in [0.5, 0.6) is 5.75 Å². The summed E-state index contributed by atoms with van der Waals surface area (Å²) in [7, 11) is 0. The van der Waals surface area contributed by atoms with E-state index in [-0.39, 0.29) is 5.11 Å². The molecule has 6 nitrogen and oxygen atoms in total. The largest absolute Gasteiger partial charge is 0.494 e. The second-order valence-corrected chi connectivity index (χ2v) is 8.42. The number of aromatic nitrogens is 1. The number of benzene rings is 3. The first-order valence-electron chi connectivity index (χ1n) is 9.64. The van der Waals surface area contributed by atoms with Crippen LogP contribution in [-0.4, -0.2) is 22.6 Å². The minimum atomic E-state index is -0.408. The number of nitrogens with one attached hydrogen (secondary N) is 2. The number of nitrogens with zero attached hydrogens (tertiary/aromatic N) is 1. The molecule has 0 aliphatic rings. The zero-order valence-corrected chi connectivity index (χ0v) is 20.0. The molecule has 4 rings (SSSR count). The number of hydrogen-bond donors (Lipinski definition) is 2. The third kappa shape index (κ3) is 5.09. The summed E-state index contributed by atoms with van der Waals surface area (Å²) in [5.74, 6) is 0.882. The van der Waals surface area contributed by atoms with Crippen molar-refractivity contribution in [3.63, 3.8) is 0 Å². The standard InChI is InChI=1S/C23H17BrClN3O3S/c1-2-30-16-7-3-13(4-8-16)22-27-19-12-15(6-10-20(19)31-22)26-23(32)28-21(29)17-11-14(24)5-9-18(17)25/h3-12H,2H2,1H3,(H2,26,28,29,32). The summed E-state index contributed by atoms with van der Waals surface area (Å²) in [6, 6.07) is 17.9. The van der Waals surface area contributed by atoms with Gasteiger partial charge in [0.2, 0.25) is 5.89 Å². The van der Waals surface area contributed by atoms with Crippen LogP contribution in [0.4, 0.5) is 5.69 Å². The summed E-state index contributed by atoms with van der Waals surface area (Å²) < 4.78 is 12.1. The van der Waals surface area contributed by atoms with Crippen molar-refractivity contribution in [2.24, 2.45) is 0 Å². The molecule has 0 aliphatic heterocycles. The van der Waals surface area contributed by atoms with Crippen molar-refractivity contribution in [2.45, 2.75) is 6.92 Å².